The van der Waals surface area contributed by atoms with Gasteiger partial charge in [-0.3, -0.25) is 4.79 Å². The lowest BCUT2D eigenvalue weighted by Crippen LogP contribution is -1.93. The maximum absolute atomic E-state index is 10.4. The molecule has 2 atom stereocenters. The Morgan fingerprint density at radius 1 is 0.864 bits per heavy atom. The van der Waals surface area contributed by atoms with Crippen molar-refractivity contribution < 1.29 is 9.90 Å². The topological polar surface area (TPSA) is 37.3 Å². The van der Waals surface area contributed by atoms with Crippen LogP contribution in [0.15, 0.2) is 0 Å². The Bertz CT molecular complexity index is 285. The van der Waals surface area contributed by atoms with Crippen LogP contribution in [-0.4, -0.2) is 11.1 Å². The van der Waals surface area contributed by atoms with E-state index in [0.717, 1.165) is 30.6 Å². The lowest BCUT2D eigenvalue weighted by Gasteiger charge is -2.04. The van der Waals surface area contributed by atoms with Gasteiger partial charge in [-0.1, -0.05) is 84.5 Å². The third-order valence-corrected chi connectivity index (χ3v) is 5.14. The number of carboxylic acids is 1. The van der Waals surface area contributed by atoms with Gasteiger partial charge in [-0.15, -0.1) is 0 Å². The van der Waals surface area contributed by atoms with Gasteiger partial charge in [0.15, 0.2) is 0 Å². The van der Waals surface area contributed by atoms with Crippen LogP contribution in [0.5, 0.6) is 0 Å². The average molecular weight is 311 g/mol. The van der Waals surface area contributed by atoms with E-state index in [1.54, 1.807) is 0 Å². The van der Waals surface area contributed by atoms with Gasteiger partial charge in [-0.2, -0.15) is 0 Å². The van der Waals surface area contributed by atoms with Crippen molar-refractivity contribution in [1.82, 2.24) is 0 Å². The van der Waals surface area contributed by atoms with Crippen molar-refractivity contribution in [2.45, 2.75) is 104 Å². The van der Waals surface area contributed by atoms with Crippen molar-refractivity contribution in [3.05, 3.63) is 0 Å². The molecule has 0 bridgehead atoms. The lowest BCUT2D eigenvalue weighted by molar-refractivity contribution is -0.137. The fraction of sp³-hybridized carbons (Fsp3) is 0.950. The Morgan fingerprint density at radius 2 is 1.36 bits per heavy atom. The molecule has 0 radical (unpaired) electrons. The van der Waals surface area contributed by atoms with E-state index >= 15 is 0 Å². The van der Waals surface area contributed by atoms with Crippen LogP contribution in [-0.2, 0) is 4.79 Å². The van der Waals surface area contributed by atoms with Crippen LogP contribution in [0.1, 0.15) is 104 Å². The highest BCUT2D eigenvalue weighted by Gasteiger charge is 2.34. The highest BCUT2D eigenvalue weighted by Crippen LogP contribution is 2.45. The van der Waals surface area contributed by atoms with Gasteiger partial charge in [0.2, 0.25) is 0 Å². The molecule has 0 saturated heterocycles. The van der Waals surface area contributed by atoms with Gasteiger partial charge in [-0.25, -0.2) is 0 Å². The van der Waals surface area contributed by atoms with Crippen LogP contribution in [0.2, 0.25) is 0 Å². The first-order chi connectivity index (χ1) is 10.6. The molecule has 0 aromatic heterocycles. The van der Waals surface area contributed by atoms with Crippen LogP contribution in [0.3, 0.4) is 0 Å². The van der Waals surface area contributed by atoms with E-state index in [9.17, 15) is 4.79 Å². The fourth-order valence-electron chi connectivity index (χ4n) is 3.54. The average Bonchev–Trinajstić information content (AvgIpc) is 3.19. The predicted octanol–water partition coefficient (Wildman–Crippen LogP) is 6.43. The Balaban J connectivity index is 1.78. The van der Waals surface area contributed by atoms with E-state index in [4.69, 9.17) is 5.11 Å². The standard InChI is InChI=1S/C20H38O2/c1-17(2)12-8-6-7-10-14-19-16-18(19)13-9-4-3-5-11-15-20(21)22/h17-19H,3-16H2,1-2H3,(H,21,22)/t18-,19+/m1/s1. The molecule has 1 saturated carbocycles. The number of carbonyl (C=O) groups is 1. The minimum atomic E-state index is -0.648. The molecule has 0 unspecified atom stereocenters. The van der Waals surface area contributed by atoms with E-state index in [0.29, 0.717) is 6.42 Å². The first-order valence-electron chi connectivity index (χ1n) is 9.81. The molecular formula is C20H38O2. The second-order valence-electron chi connectivity index (χ2n) is 7.84. The van der Waals surface area contributed by atoms with Crippen LogP contribution in [0, 0.1) is 17.8 Å². The third-order valence-electron chi connectivity index (χ3n) is 5.14. The highest BCUT2D eigenvalue weighted by molar-refractivity contribution is 5.66. The quantitative estimate of drug-likeness (QED) is 0.354. The van der Waals surface area contributed by atoms with Crippen molar-refractivity contribution >= 4 is 5.97 Å². The summed E-state index contributed by atoms with van der Waals surface area (Å²) >= 11 is 0. The molecule has 130 valence electrons. The largest absolute Gasteiger partial charge is 0.481 e. The SMILES string of the molecule is CC(C)CCCCCC[C@H]1C[C@H]1CCCCCCCC(=O)O. The molecule has 0 amide bonds. The minimum absolute atomic E-state index is 0.349. The number of hydrogen-bond acceptors (Lipinski definition) is 1. The summed E-state index contributed by atoms with van der Waals surface area (Å²) in [6.07, 6.45) is 17.7. The van der Waals surface area contributed by atoms with Crippen LogP contribution >= 0.6 is 0 Å². The maximum atomic E-state index is 10.4. The third kappa shape index (κ3) is 11.1. The zero-order chi connectivity index (χ0) is 16.2. The lowest BCUT2D eigenvalue weighted by atomic mass is 10.0. The Labute approximate surface area is 138 Å². The molecule has 1 aliphatic carbocycles. The number of aliphatic carboxylic acids is 1. The Morgan fingerprint density at radius 3 is 1.91 bits per heavy atom. The first-order valence-corrected chi connectivity index (χ1v) is 9.81. The smallest absolute Gasteiger partial charge is 0.303 e. The highest BCUT2D eigenvalue weighted by atomic mass is 16.4. The molecule has 2 nitrogen and oxygen atoms in total. The van der Waals surface area contributed by atoms with E-state index in [2.05, 4.69) is 13.8 Å². The summed E-state index contributed by atoms with van der Waals surface area (Å²) in [5, 5.41) is 8.57. The Hall–Kier alpha value is -0.530. The number of carboxylic acid groups (broad SMARTS) is 1. The Kier molecular flexibility index (Phi) is 10.6. The summed E-state index contributed by atoms with van der Waals surface area (Å²) in [6.45, 7) is 4.64. The van der Waals surface area contributed by atoms with E-state index in [1.807, 2.05) is 0 Å². The van der Waals surface area contributed by atoms with E-state index in [-0.39, 0.29) is 0 Å². The molecule has 0 spiro atoms. The van der Waals surface area contributed by atoms with Crippen molar-refractivity contribution in [3.8, 4) is 0 Å². The van der Waals surface area contributed by atoms with Gasteiger partial charge in [0.25, 0.3) is 0 Å². The fourth-order valence-corrected chi connectivity index (χ4v) is 3.54. The number of hydrogen-bond donors (Lipinski definition) is 1. The maximum Gasteiger partial charge on any atom is 0.303 e. The molecule has 0 aromatic carbocycles. The molecule has 22 heavy (non-hydrogen) atoms. The van der Waals surface area contributed by atoms with Gasteiger partial charge >= 0.3 is 5.97 Å². The van der Waals surface area contributed by atoms with Crippen LogP contribution in [0.25, 0.3) is 0 Å². The van der Waals surface area contributed by atoms with Crippen molar-refractivity contribution in [2.75, 3.05) is 0 Å². The summed E-state index contributed by atoms with van der Waals surface area (Å²) in [5.41, 5.74) is 0. The van der Waals surface area contributed by atoms with E-state index < -0.39 is 5.97 Å². The molecule has 1 rings (SSSR count). The summed E-state index contributed by atoms with van der Waals surface area (Å²) in [7, 11) is 0. The molecule has 1 N–H and O–H groups in total. The van der Waals surface area contributed by atoms with Gasteiger partial charge < -0.3 is 5.11 Å². The predicted molar refractivity (Wildman–Crippen MR) is 94.1 cm³/mol. The molecule has 1 aliphatic rings. The summed E-state index contributed by atoms with van der Waals surface area (Å²) < 4.78 is 0. The summed E-state index contributed by atoms with van der Waals surface area (Å²) in [4.78, 5) is 10.4. The minimum Gasteiger partial charge on any atom is -0.481 e. The number of unbranched alkanes of at least 4 members (excludes halogenated alkanes) is 7. The van der Waals surface area contributed by atoms with Crippen LogP contribution in [0.4, 0.5) is 0 Å². The van der Waals surface area contributed by atoms with Gasteiger partial charge in [-0.05, 0) is 30.6 Å². The van der Waals surface area contributed by atoms with Gasteiger partial charge in [0, 0.05) is 6.42 Å². The second kappa shape index (κ2) is 12.0. The van der Waals surface area contributed by atoms with Crippen LogP contribution < -0.4 is 0 Å². The van der Waals surface area contributed by atoms with Gasteiger partial charge in [0.05, 0.1) is 0 Å². The first kappa shape index (κ1) is 19.5. The molecular weight excluding hydrogens is 272 g/mol. The summed E-state index contributed by atoms with van der Waals surface area (Å²) in [6, 6.07) is 0. The second-order valence-corrected chi connectivity index (χ2v) is 7.84. The van der Waals surface area contributed by atoms with Gasteiger partial charge in [0.1, 0.15) is 0 Å². The molecule has 0 aliphatic heterocycles. The number of rotatable bonds is 15. The molecule has 0 aromatic rings. The van der Waals surface area contributed by atoms with Crippen molar-refractivity contribution in [1.29, 1.82) is 0 Å². The van der Waals surface area contributed by atoms with Crippen molar-refractivity contribution in [2.24, 2.45) is 17.8 Å². The zero-order valence-corrected chi connectivity index (χ0v) is 15.0. The normalized spacial score (nSPS) is 20.5. The monoisotopic (exact) mass is 310 g/mol. The molecule has 1 fully saturated rings. The summed E-state index contributed by atoms with van der Waals surface area (Å²) in [5.74, 6) is 2.31. The zero-order valence-electron chi connectivity index (χ0n) is 15.0. The molecule has 0 heterocycles. The van der Waals surface area contributed by atoms with E-state index in [1.165, 1.54) is 70.6 Å². The van der Waals surface area contributed by atoms with Crippen molar-refractivity contribution in [3.63, 3.8) is 0 Å². The molecule has 2 heteroatoms.